The number of aryl methyl sites for hydroxylation is 1. The summed E-state index contributed by atoms with van der Waals surface area (Å²) in [6, 6.07) is 18.4. The molecule has 0 saturated carbocycles. The van der Waals surface area contributed by atoms with Gasteiger partial charge in [-0.05, 0) is 56.4 Å². The van der Waals surface area contributed by atoms with Crippen LogP contribution in [0.5, 0.6) is 0 Å². The minimum absolute atomic E-state index is 0.00771. The van der Waals surface area contributed by atoms with Crippen LogP contribution in [0.4, 0.5) is 0 Å². The highest BCUT2D eigenvalue weighted by molar-refractivity contribution is 5.94. The molecule has 144 valence electrons. The van der Waals surface area contributed by atoms with Crippen LogP contribution in [0.2, 0.25) is 0 Å². The summed E-state index contributed by atoms with van der Waals surface area (Å²) in [6.07, 6.45) is 2.42. The van der Waals surface area contributed by atoms with Crippen molar-refractivity contribution in [2.24, 2.45) is 0 Å². The van der Waals surface area contributed by atoms with Crippen LogP contribution in [0.3, 0.4) is 0 Å². The second-order valence-corrected chi connectivity index (χ2v) is 8.19. The van der Waals surface area contributed by atoms with E-state index in [9.17, 15) is 9.90 Å². The van der Waals surface area contributed by atoms with Crippen molar-refractivity contribution in [1.29, 1.82) is 0 Å². The van der Waals surface area contributed by atoms with Gasteiger partial charge in [-0.15, -0.1) is 0 Å². The fraction of sp³-hybridized carbons (Fsp3) is 0.435. The minimum atomic E-state index is -0.690. The predicted molar refractivity (Wildman–Crippen MR) is 109 cm³/mol. The van der Waals surface area contributed by atoms with Crippen molar-refractivity contribution in [3.8, 4) is 0 Å². The van der Waals surface area contributed by atoms with Crippen LogP contribution in [0.15, 0.2) is 54.6 Å². The van der Waals surface area contributed by atoms with Gasteiger partial charge in [0.05, 0.1) is 5.60 Å². The average molecular weight is 367 g/mol. The number of likely N-dealkylation sites (tertiary alicyclic amines) is 1. The molecule has 27 heavy (non-hydrogen) atoms. The molecule has 2 N–H and O–H groups in total. The van der Waals surface area contributed by atoms with Gasteiger partial charge in [0, 0.05) is 31.2 Å². The lowest BCUT2D eigenvalue weighted by molar-refractivity contribution is 0.0714. The highest BCUT2D eigenvalue weighted by Gasteiger charge is 2.24. The van der Waals surface area contributed by atoms with Gasteiger partial charge in [-0.1, -0.05) is 42.5 Å². The standard InChI is InChI=1S/C23H30N2O2/c1-23(2,27)13-11-18-9-6-10-20(15-18)22(26)24-21-12-14-25(17-21)16-19-7-4-3-5-8-19/h3-10,15,21,27H,11-14,16-17H2,1-2H3,(H,24,26)/t21-/m0/s1. The van der Waals surface area contributed by atoms with Crippen molar-refractivity contribution in [2.45, 2.75) is 51.3 Å². The smallest absolute Gasteiger partial charge is 0.251 e. The topological polar surface area (TPSA) is 52.6 Å². The van der Waals surface area contributed by atoms with E-state index in [1.165, 1.54) is 5.56 Å². The number of carbonyl (C=O) groups excluding carboxylic acids is 1. The summed E-state index contributed by atoms with van der Waals surface area (Å²) in [5.74, 6) is -0.00771. The zero-order valence-electron chi connectivity index (χ0n) is 16.3. The molecule has 2 aromatic rings. The highest BCUT2D eigenvalue weighted by atomic mass is 16.3. The molecule has 4 nitrogen and oxygen atoms in total. The molecule has 1 aliphatic heterocycles. The summed E-state index contributed by atoms with van der Waals surface area (Å²) in [5, 5.41) is 13.1. The maximum absolute atomic E-state index is 12.6. The van der Waals surface area contributed by atoms with E-state index in [4.69, 9.17) is 0 Å². The SMILES string of the molecule is CC(C)(O)CCc1cccc(C(=O)N[C@H]2CCN(Cc3ccccc3)C2)c1. The molecule has 1 atom stereocenters. The second kappa shape index (κ2) is 8.68. The van der Waals surface area contributed by atoms with Crippen LogP contribution in [-0.4, -0.2) is 40.6 Å². The molecule has 2 aromatic carbocycles. The lowest BCUT2D eigenvalue weighted by Gasteiger charge is -2.18. The van der Waals surface area contributed by atoms with Gasteiger partial charge in [-0.3, -0.25) is 9.69 Å². The van der Waals surface area contributed by atoms with Crippen LogP contribution in [0.1, 0.15) is 48.2 Å². The molecule has 1 heterocycles. The summed E-state index contributed by atoms with van der Waals surface area (Å²) in [5.41, 5.74) is 2.40. The number of hydrogen-bond acceptors (Lipinski definition) is 3. The number of rotatable bonds is 7. The number of nitrogens with zero attached hydrogens (tertiary/aromatic N) is 1. The van der Waals surface area contributed by atoms with Crippen LogP contribution in [0, 0.1) is 0 Å². The normalized spacial score (nSPS) is 17.8. The number of amides is 1. The number of hydrogen-bond donors (Lipinski definition) is 2. The first kappa shape index (κ1) is 19.6. The van der Waals surface area contributed by atoms with Crippen molar-refractivity contribution in [3.05, 3.63) is 71.3 Å². The van der Waals surface area contributed by atoms with Crippen molar-refractivity contribution >= 4 is 5.91 Å². The molecule has 1 fully saturated rings. The Labute approximate surface area is 162 Å². The van der Waals surface area contributed by atoms with Crippen LogP contribution >= 0.6 is 0 Å². The zero-order chi connectivity index (χ0) is 19.3. The Morgan fingerprint density at radius 2 is 1.89 bits per heavy atom. The van der Waals surface area contributed by atoms with E-state index < -0.39 is 5.60 Å². The Morgan fingerprint density at radius 3 is 2.63 bits per heavy atom. The average Bonchev–Trinajstić information content (AvgIpc) is 3.07. The second-order valence-electron chi connectivity index (χ2n) is 8.19. The van der Waals surface area contributed by atoms with E-state index in [2.05, 4.69) is 34.5 Å². The minimum Gasteiger partial charge on any atom is -0.390 e. The first-order chi connectivity index (χ1) is 12.9. The van der Waals surface area contributed by atoms with E-state index in [1.54, 1.807) is 0 Å². The van der Waals surface area contributed by atoms with Crippen molar-refractivity contribution < 1.29 is 9.90 Å². The van der Waals surface area contributed by atoms with Crippen LogP contribution in [0.25, 0.3) is 0 Å². The summed E-state index contributed by atoms with van der Waals surface area (Å²) in [6.45, 7) is 6.44. The summed E-state index contributed by atoms with van der Waals surface area (Å²) in [7, 11) is 0. The lowest BCUT2D eigenvalue weighted by Crippen LogP contribution is -2.37. The lowest BCUT2D eigenvalue weighted by atomic mass is 9.98. The maximum Gasteiger partial charge on any atom is 0.251 e. The van der Waals surface area contributed by atoms with E-state index in [-0.39, 0.29) is 11.9 Å². The highest BCUT2D eigenvalue weighted by Crippen LogP contribution is 2.16. The van der Waals surface area contributed by atoms with Gasteiger partial charge < -0.3 is 10.4 Å². The fourth-order valence-electron chi connectivity index (χ4n) is 3.52. The number of aliphatic hydroxyl groups is 1. The Hall–Kier alpha value is -2.17. The third-order valence-corrected chi connectivity index (χ3v) is 5.07. The van der Waals surface area contributed by atoms with E-state index >= 15 is 0 Å². The van der Waals surface area contributed by atoms with Crippen molar-refractivity contribution in [2.75, 3.05) is 13.1 Å². The quantitative estimate of drug-likeness (QED) is 0.790. The molecule has 1 amide bonds. The Balaban J connectivity index is 1.52. The van der Waals surface area contributed by atoms with E-state index in [0.29, 0.717) is 12.0 Å². The largest absolute Gasteiger partial charge is 0.390 e. The molecular weight excluding hydrogens is 336 g/mol. The summed E-state index contributed by atoms with van der Waals surface area (Å²) >= 11 is 0. The van der Waals surface area contributed by atoms with Crippen LogP contribution in [-0.2, 0) is 13.0 Å². The monoisotopic (exact) mass is 366 g/mol. The van der Waals surface area contributed by atoms with Gasteiger partial charge in [0.1, 0.15) is 0 Å². The van der Waals surface area contributed by atoms with Gasteiger partial charge in [0.15, 0.2) is 0 Å². The third kappa shape index (κ3) is 6.19. The van der Waals surface area contributed by atoms with Crippen molar-refractivity contribution in [3.63, 3.8) is 0 Å². The molecule has 0 unspecified atom stereocenters. The molecule has 0 aliphatic carbocycles. The first-order valence-corrected chi connectivity index (χ1v) is 9.77. The molecule has 0 spiro atoms. The number of carbonyl (C=O) groups is 1. The molecule has 1 aliphatic rings. The van der Waals surface area contributed by atoms with Gasteiger partial charge in [-0.25, -0.2) is 0 Å². The van der Waals surface area contributed by atoms with Gasteiger partial charge in [0.25, 0.3) is 5.91 Å². The molecular formula is C23H30N2O2. The molecule has 0 aromatic heterocycles. The van der Waals surface area contributed by atoms with E-state index in [1.807, 2.05) is 44.2 Å². The Bertz CT molecular complexity index is 752. The van der Waals surface area contributed by atoms with E-state index in [0.717, 1.165) is 38.0 Å². The zero-order valence-corrected chi connectivity index (χ0v) is 16.3. The molecule has 4 heteroatoms. The summed E-state index contributed by atoms with van der Waals surface area (Å²) < 4.78 is 0. The Kier molecular flexibility index (Phi) is 6.30. The van der Waals surface area contributed by atoms with Crippen molar-refractivity contribution in [1.82, 2.24) is 10.2 Å². The predicted octanol–water partition coefficient (Wildman–Crippen LogP) is 3.39. The molecule has 1 saturated heterocycles. The Morgan fingerprint density at radius 1 is 1.15 bits per heavy atom. The van der Waals surface area contributed by atoms with Gasteiger partial charge in [-0.2, -0.15) is 0 Å². The first-order valence-electron chi connectivity index (χ1n) is 9.77. The van der Waals surface area contributed by atoms with Crippen LogP contribution < -0.4 is 5.32 Å². The third-order valence-electron chi connectivity index (χ3n) is 5.07. The van der Waals surface area contributed by atoms with Gasteiger partial charge >= 0.3 is 0 Å². The molecule has 3 rings (SSSR count). The number of benzene rings is 2. The molecule has 0 bridgehead atoms. The number of nitrogens with one attached hydrogen (secondary N) is 1. The fourth-order valence-corrected chi connectivity index (χ4v) is 3.52. The summed E-state index contributed by atoms with van der Waals surface area (Å²) in [4.78, 5) is 15.0. The molecule has 0 radical (unpaired) electrons. The maximum atomic E-state index is 12.6. The van der Waals surface area contributed by atoms with Gasteiger partial charge in [0.2, 0.25) is 0 Å².